The standard InChI is InChI=1S/C29H29N7O4/c1-18(2)17-40-27(37)21-13-24(35-28(38)33-22-7-3-19(16-30)4-8-22)15-25(14-21)36-29(39)34-23-9-5-20(6-10-23)26-31-11-12-32-26/h3-10,13-15,18H,11-12,17H2,1-2H3,(H,31,32)(H2,33,35,38)(H2,34,36,39). The highest BCUT2D eigenvalue weighted by atomic mass is 16.5. The van der Waals surface area contributed by atoms with Gasteiger partial charge in [0, 0.05) is 34.9 Å². The van der Waals surface area contributed by atoms with Crippen molar-refractivity contribution in [3.63, 3.8) is 0 Å². The minimum absolute atomic E-state index is 0.134. The van der Waals surface area contributed by atoms with Crippen molar-refractivity contribution in [3.05, 3.63) is 83.4 Å². The topological polar surface area (TPSA) is 157 Å². The van der Waals surface area contributed by atoms with Gasteiger partial charge in [-0.15, -0.1) is 0 Å². The van der Waals surface area contributed by atoms with E-state index in [2.05, 4.69) is 31.6 Å². The first-order chi connectivity index (χ1) is 19.3. The summed E-state index contributed by atoms with van der Waals surface area (Å²) < 4.78 is 5.34. The molecule has 1 aliphatic rings. The van der Waals surface area contributed by atoms with Crippen molar-refractivity contribution in [3.8, 4) is 6.07 Å². The number of hydrogen-bond donors (Lipinski definition) is 5. The minimum Gasteiger partial charge on any atom is -0.462 e. The number of urea groups is 2. The molecule has 0 saturated heterocycles. The first-order valence-corrected chi connectivity index (χ1v) is 12.7. The Balaban J connectivity index is 1.46. The summed E-state index contributed by atoms with van der Waals surface area (Å²) in [4.78, 5) is 42.4. The van der Waals surface area contributed by atoms with Crippen molar-refractivity contribution in [2.24, 2.45) is 10.9 Å². The van der Waals surface area contributed by atoms with Gasteiger partial charge < -0.3 is 31.3 Å². The molecule has 0 aromatic heterocycles. The number of carbonyl (C=O) groups is 3. The van der Waals surface area contributed by atoms with Gasteiger partial charge in [0.1, 0.15) is 5.84 Å². The average Bonchev–Trinajstić information content (AvgIpc) is 3.47. The third-order valence-corrected chi connectivity index (χ3v) is 5.59. The van der Waals surface area contributed by atoms with E-state index in [4.69, 9.17) is 10.00 Å². The number of benzene rings is 3. The molecule has 40 heavy (non-hydrogen) atoms. The second-order valence-corrected chi connectivity index (χ2v) is 9.37. The summed E-state index contributed by atoms with van der Waals surface area (Å²) in [5.74, 6) is 0.363. The van der Waals surface area contributed by atoms with Crippen molar-refractivity contribution in [2.45, 2.75) is 13.8 Å². The van der Waals surface area contributed by atoms with Gasteiger partial charge in [-0.05, 0) is 72.6 Å². The van der Waals surface area contributed by atoms with Gasteiger partial charge in [0.05, 0.1) is 30.3 Å². The van der Waals surface area contributed by atoms with E-state index in [0.717, 1.165) is 24.5 Å². The van der Waals surface area contributed by atoms with Crippen LogP contribution >= 0.6 is 0 Å². The zero-order valence-electron chi connectivity index (χ0n) is 22.1. The maximum atomic E-state index is 12.7. The maximum Gasteiger partial charge on any atom is 0.338 e. The van der Waals surface area contributed by atoms with E-state index in [0.29, 0.717) is 16.9 Å². The van der Waals surface area contributed by atoms with Crippen LogP contribution in [0.1, 0.15) is 35.3 Å². The smallest absolute Gasteiger partial charge is 0.338 e. The molecule has 3 aromatic rings. The number of esters is 1. The number of amides is 4. The number of nitriles is 1. The molecule has 0 bridgehead atoms. The first kappa shape index (κ1) is 27.7. The van der Waals surface area contributed by atoms with Gasteiger partial charge in [-0.2, -0.15) is 5.26 Å². The SMILES string of the molecule is CC(C)COC(=O)c1cc(NC(=O)Nc2ccc(C#N)cc2)cc(NC(=O)Nc2ccc(C3=NCCN3)cc2)c1. The summed E-state index contributed by atoms with van der Waals surface area (Å²) in [5.41, 5.74) is 3.10. The summed E-state index contributed by atoms with van der Waals surface area (Å²) in [6.07, 6.45) is 0. The Kier molecular flexibility index (Phi) is 8.94. The molecule has 4 rings (SSSR count). The van der Waals surface area contributed by atoms with Crippen LogP contribution in [0.5, 0.6) is 0 Å². The molecule has 0 unspecified atom stereocenters. The molecule has 0 radical (unpaired) electrons. The van der Waals surface area contributed by atoms with Crippen LogP contribution in [0, 0.1) is 17.2 Å². The summed E-state index contributed by atoms with van der Waals surface area (Å²) >= 11 is 0. The van der Waals surface area contributed by atoms with Crippen LogP contribution in [0.15, 0.2) is 71.7 Å². The van der Waals surface area contributed by atoms with Gasteiger partial charge in [0.15, 0.2) is 0 Å². The first-order valence-electron chi connectivity index (χ1n) is 12.7. The second kappa shape index (κ2) is 12.9. The number of carbonyl (C=O) groups excluding carboxylic acids is 3. The van der Waals surface area contributed by atoms with Gasteiger partial charge in [0.25, 0.3) is 0 Å². The average molecular weight is 540 g/mol. The molecule has 0 saturated carbocycles. The van der Waals surface area contributed by atoms with Gasteiger partial charge in [-0.3, -0.25) is 4.99 Å². The Bertz CT molecular complexity index is 1460. The Morgan fingerprint density at radius 1 is 0.875 bits per heavy atom. The minimum atomic E-state index is -0.590. The van der Waals surface area contributed by atoms with E-state index in [1.54, 1.807) is 36.4 Å². The van der Waals surface area contributed by atoms with Gasteiger partial charge >= 0.3 is 18.0 Å². The molecule has 3 aromatic carbocycles. The largest absolute Gasteiger partial charge is 0.462 e. The fourth-order valence-corrected chi connectivity index (χ4v) is 3.73. The molecular formula is C29H29N7O4. The molecule has 0 fully saturated rings. The molecule has 0 atom stereocenters. The van der Waals surface area contributed by atoms with Crippen molar-refractivity contribution >= 4 is 46.6 Å². The second-order valence-electron chi connectivity index (χ2n) is 9.37. The summed E-state index contributed by atoms with van der Waals surface area (Å²) in [6, 6.07) is 18.9. The lowest BCUT2D eigenvalue weighted by molar-refractivity contribution is 0.0459. The highest BCUT2D eigenvalue weighted by molar-refractivity contribution is 6.04. The lowest BCUT2D eigenvalue weighted by atomic mass is 10.1. The Labute approximate surface area is 231 Å². The molecule has 4 amide bonds. The van der Waals surface area contributed by atoms with Crippen molar-refractivity contribution < 1.29 is 19.1 Å². The van der Waals surface area contributed by atoms with Crippen molar-refractivity contribution in [2.75, 3.05) is 41.0 Å². The summed E-state index contributed by atoms with van der Waals surface area (Å²) in [6.45, 7) is 5.59. The fraction of sp³-hybridized carbons (Fsp3) is 0.207. The van der Waals surface area contributed by atoms with Gasteiger partial charge in [-0.1, -0.05) is 13.8 Å². The molecule has 1 aliphatic heterocycles. The lowest BCUT2D eigenvalue weighted by Gasteiger charge is -2.14. The number of amidine groups is 1. The number of aliphatic imine (C=N–C) groups is 1. The predicted molar refractivity (Wildman–Crippen MR) is 154 cm³/mol. The molecule has 1 heterocycles. The molecule has 204 valence electrons. The van der Waals surface area contributed by atoms with Crippen LogP contribution in [0.2, 0.25) is 0 Å². The highest BCUT2D eigenvalue weighted by Gasteiger charge is 2.15. The molecular weight excluding hydrogens is 510 g/mol. The lowest BCUT2D eigenvalue weighted by Crippen LogP contribution is -2.22. The fourth-order valence-electron chi connectivity index (χ4n) is 3.73. The van der Waals surface area contributed by atoms with Crippen LogP contribution in [-0.4, -0.2) is 43.6 Å². The van der Waals surface area contributed by atoms with E-state index < -0.39 is 18.0 Å². The Morgan fingerprint density at radius 3 is 1.93 bits per heavy atom. The molecule has 0 spiro atoms. The summed E-state index contributed by atoms with van der Waals surface area (Å²) in [7, 11) is 0. The number of ether oxygens (including phenoxy) is 1. The molecule has 0 aliphatic carbocycles. The zero-order chi connectivity index (χ0) is 28.5. The maximum absolute atomic E-state index is 12.7. The normalized spacial score (nSPS) is 12.0. The quantitative estimate of drug-likeness (QED) is 0.253. The monoisotopic (exact) mass is 539 g/mol. The third kappa shape index (κ3) is 7.82. The van der Waals surface area contributed by atoms with Crippen LogP contribution in [0.3, 0.4) is 0 Å². The van der Waals surface area contributed by atoms with Gasteiger partial charge in [-0.25, -0.2) is 14.4 Å². The van der Waals surface area contributed by atoms with E-state index in [9.17, 15) is 14.4 Å². The highest BCUT2D eigenvalue weighted by Crippen LogP contribution is 2.22. The molecule has 11 nitrogen and oxygen atoms in total. The number of hydrogen-bond acceptors (Lipinski definition) is 7. The van der Waals surface area contributed by atoms with E-state index in [-0.39, 0.29) is 29.5 Å². The summed E-state index contributed by atoms with van der Waals surface area (Å²) in [5, 5.41) is 22.9. The number of nitrogens with zero attached hydrogens (tertiary/aromatic N) is 2. The zero-order valence-corrected chi connectivity index (χ0v) is 22.1. The van der Waals surface area contributed by atoms with Crippen LogP contribution in [-0.2, 0) is 4.74 Å². The number of anilines is 4. The Morgan fingerprint density at radius 2 is 1.43 bits per heavy atom. The number of rotatable bonds is 8. The molecule has 11 heteroatoms. The van der Waals surface area contributed by atoms with Crippen LogP contribution in [0.4, 0.5) is 32.3 Å². The predicted octanol–water partition coefficient (Wildman–Crippen LogP) is 5.01. The molecule has 5 N–H and O–H groups in total. The van der Waals surface area contributed by atoms with Crippen LogP contribution < -0.4 is 26.6 Å². The van der Waals surface area contributed by atoms with Gasteiger partial charge in [0.2, 0.25) is 0 Å². The van der Waals surface area contributed by atoms with E-state index in [1.807, 2.05) is 32.0 Å². The van der Waals surface area contributed by atoms with Crippen LogP contribution in [0.25, 0.3) is 0 Å². The third-order valence-electron chi connectivity index (χ3n) is 5.59. The van der Waals surface area contributed by atoms with E-state index >= 15 is 0 Å². The number of nitrogens with one attached hydrogen (secondary N) is 5. The van der Waals surface area contributed by atoms with Crippen molar-refractivity contribution in [1.82, 2.24) is 5.32 Å². The van der Waals surface area contributed by atoms with E-state index in [1.165, 1.54) is 18.2 Å². The van der Waals surface area contributed by atoms with Crippen molar-refractivity contribution in [1.29, 1.82) is 5.26 Å². The Hall–Kier alpha value is -5.37.